The number of aryl methyl sites for hydroxylation is 1. The van der Waals surface area contributed by atoms with E-state index in [0.29, 0.717) is 6.04 Å². The van der Waals surface area contributed by atoms with Crippen LogP contribution in [-0.2, 0) is 6.54 Å². The summed E-state index contributed by atoms with van der Waals surface area (Å²) < 4.78 is 3.88. The number of nitrogens with one attached hydrogen (secondary N) is 1. The van der Waals surface area contributed by atoms with Crippen LogP contribution in [0.5, 0.6) is 0 Å². The molecule has 2 heterocycles. The lowest BCUT2D eigenvalue weighted by Crippen LogP contribution is -3.00. The molecule has 0 fully saturated rings. The van der Waals surface area contributed by atoms with Crippen molar-refractivity contribution in [2.45, 2.75) is 39.8 Å². The minimum Gasteiger partial charge on any atom is -1.00 e. The van der Waals surface area contributed by atoms with Gasteiger partial charge in [0.05, 0.1) is 24.3 Å². The van der Waals surface area contributed by atoms with E-state index in [1.54, 1.807) is 0 Å². The average Bonchev–Trinajstić information content (AvgIpc) is 2.76. The molecule has 1 aliphatic rings. The van der Waals surface area contributed by atoms with Gasteiger partial charge in [-0.25, -0.2) is 4.57 Å². The first-order valence-corrected chi connectivity index (χ1v) is 7.98. The predicted molar refractivity (Wildman–Crippen MR) is 83.3 cm³/mol. The number of halogens is 1. The van der Waals surface area contributed by atoms with E-state index in [1.807, 2.05) is 11.3 Å². The molecule has 1 aliphatic heterocycles. The van der Waals surface area contributed by atoms with Crippen LogP contribution < -0.4 is 38.8 Å². The number of thiazole rings is 1. The monoisotopic (exact) mass is 403 g/mol. The molecule has 0 spiro atoms. The molecule has 5 heteroatoms. The van der Waals surface area contributed by atoms with Crippen molar-refractivity contribution in [3.05, 3.63) is 18.2 Å². The number of nitrogens with zero attached hydrogens (tertiary/aromatic N) is 2. The Labute approximate surface area is 142 Å². The standard InChI is InChI=1S/C15H22N3S.HI/c1-4-17-8-5-9-18-13-10-12(16-11(2)3)6-7-14(13)19-15(17)18;/h6-7,10-11,16H,4-5,8-9H2,1-3H3;1H/q+1;/p-1. The Morgan fingerprint density at radius 3 is 2.90 bits per heavy atom. The highest BCUT2D eigenvalue weighted by molar-refractivity contribution is 7.21. The molecule has 0 bridgehead atoms. The third-order valence-corrected chi connectivity index (χ3v) is 4.83. The summed E-state index contributed by atoms with van der Waals surface area (Å²) in [4.78, 5) is 2.49. The third kappa shape index (κ3) is 2.88. The maximum atomic E-state index is 3.50. The zero-order chi connectivity index (χ0) is 13.4. The Morgan fingerprint density at radius 1 is 1.40 bits per heavy atom. The number of benzene rings is 1. The first-order chi connectivity index (χ1) is 9.19. The van der Waals surface area contributed by atoms with Crippen molar-refractivity contribution in [1.29, 1.82) is 0 Å². The van der Waals surface area contributed by atoms with Gasteiger partial charge in [-0.2, -0.15) is 0 Å². The zero-order valence-corrected chi connectivity index (χ0v) is 15.3. The van der Waals surface area contributed by atoms with Crippen LogP contribution >= 0.6 is 11.3 Å². The van der Waals surface area contributed by atoms with Gasteiger partial charge in [-0.3, -0.25) is 4.90 Å². The Kier molecular flexibility index (Phi) is 5.12. The molecule has 2 aromatic rings. The largest absolute Gasteiger partial charge is 1.00 e. The van der Waals surface area contributed by atoms with E-state index in [-0.39, 0.29) is 24.0 Å². The second-order valence-electron chi connectivity index (χ2n) is 5.45. The molecule has 0 aliphatic carbocycles. The van der Waals surface area contributed by atoms with Gasteiger partial charge in [-0.05, 0) is 44.2 Å². The lowest BCUT2D eigenvalue weighted by atomic mass is 10.2. The maximum Gasteiger partial charge on any atom is 0.337 e. The van der Waals surface area contributed by atoms with E-state index in [4.69, 9.17) is 0 Å². The molecule has 20 heavy (non-hydrogen) atoms. The van der Waals surface area contributed by atoms with Crippen LogP contribution in [0.25, 0.3) is 10.2 Å². The first-order valence-electron chi connectivity index (χ1n) is 7.17. The zero-order valence-electron chi connectivity index (χ0n) is 12.3. The van der Waals surface area contributed by atoms with E-state index in [2.05, 4.69) is 53.8 Å². The van der Waals surface area contributed by atoms with E-state index in [1.165, 1.54) is 34.0 Å². The Morgan fingerprint density at radius 2 is 2.20 bits per heavy atom. The van der Waals surface area contributed by atoms with E-state index >= 15 is 0 Å². The van der Waals surface area contributed by atoms with Crippen molar-refractivity contribution in [3.8, 4) is 0 Å². The lowest BCUT2D eigenvalue weighted by molar-refractivity contribution is -0.659. The van der Waals surface area contributed by atoms with Gasteiger partial charge >= 0.3 is 5.13 Å². The summed E-state index contributed by atoms with van der Waals surface area (Å²) in [7, 11) is 0. The molecule has 1 aromatic carbocycles. The summed E-state index contributed by atoms with van der Waals surface area (Å²) in [5, 5.41) is 4.92. The molecule has 0 atom stereocenters. The molecule has 110 valence electrons. The highest BCUT2D eigenvalue weighted by atomic mass is 127. The summed E-state index contributed by atoms with van der Waals surface area (Å²) in [6, 6.07) is 7.23. The van der Waals surface area contributed by atoms with Crippen LogP contribution in [0, 0.1) is 0 Å². The molecule has 0 radical (unpaired) electrons. The molecule has 1 aromatic heterocycles. The molecule has 1 N–H and O–H groups in total. The molecule has 3 rings (SSSR count). The number of rotatable bonds is 3. The van der Waals surface area contributed by atoms with Gasteiger partial charge in [0.15, 0.2) is 0 Å². The highest BCUT2D eigenvalue weighted by Crippen LogP contribution is 2.31. The summed E-state index contributed by atoms with van der Waals surface area (Å²) in [5.74, 6) is 0. The van der Waals surface area contributed by atoms with Gasteiger partial charge in [-0.1, -0.05) is 0 Å². The van der Waals surface area contributed by atoms with Crippen LogP contribution in [0.15, 0.2) is 18.2 Å². The van der Waals surface area contributed by atoms with Crippen molar-refractivity contribution in [2.24, 2.45) is 0 Å². The topological polar surface area (TPSA) is 19.1 Å². The van der Waals surface area contributed by atoms with Crippen molar-refractivity contribution in [3.63, 3.8) is 0 Å². The molecule has 0 unspecified atom stereocenters. The number of anilines is 2. The van der Waals surface area contributed by atoms with E-state index in [0.717, 1.165) is 13.1 Å². The summed E-state index contributed by atoms with van der Waals surface area (Å²) in [6.45, 7) is 10.0. The number of hydrogen-bond acceptors (Lipinski definition) is 3. The van der Waals surface area contributed by atoms with Gasteiger partial charge in [-0.15, -0.1) is 0 Å². The fourth-order valence-corrected chi connectivity index (χ4v) is 4.01. The average molecular weight is 403 g/mol. The number of hydrogen-bond donors (Lipinski definition) is 1. The third-order valence-electron chi connectivity index (χ3n) is 3.60. The van der Waals surface area contributed by atoms with E-state index in [9.17, 15) is 0 Å². The lowest BCUT2D eigenvalue weighted by Gasteiger charge is -2.19. The van der Waals surface area contributed by atoms with Crippen LogP contribution in [-0.4, -0.2) is 19.1 Å². The summed E-state index contributed by atoms with van der Waals surface area (Å²) >= 11 is 1.92. The molecular formula is C15H22IN3S. The van der Waals surface area contributed by atoms with Gasteiger partial charge in [0.1, 0.15) is 5.52 Å². The molecule has 0 amide bonds. The van der Waals surface area contributed by atoms with Crippen molar-refractivity contribution >= 4 is 32.4 Å². The van der Waals surface area contributed by atoms with Crippen molar-refractivity contribution in [2.75, 3.05) is 23.3 Å². The second kappa shape index (κ2) is 6.47. The smallest absolute Gasteiger partial charge is 0.337 e. The van der Waals surface area contributed by atoms with Crippen molar-refractivity contribution in [1.82, 2.24) is 0 Å². The van der Waals surface area contributed by atoms with Gasteiger partial charge < -0.3 is 29.3 Å². The van der Waals surface area contributed by atoms with Gasteiger partial charge in [0, 0.05) is 24.2 Å². The predicted octanol–water partition coefficient (Wildman–Crippen LogP) is 0.243. The van der Waals surface area contributed by atoms with Crippen LogP contribution in [0.2, 0.25) is 0 Å². The Balaban J connectivity index is 0.00000147. The Bertz CT molecular complexity index is 594. The minimum atomic E-state index is 0. The van der Waals surface area contributed by atoms with Crippen LogP contribution in [0.4, 0.5) is 10.8 Å². The van der Waals surface area contributed by atoms with Gasteiger partial charge in [0.2, 0.25) is 0 Å². The quantitative estimate of drug-likeness (QED) is 0.585. The van der Waals surface area contributed by atoms with E-state index < -0.39 is 0 Å². The van der Waals surface area contributed by atoms with Crippen LogP contribution in [0.1, 0.15) is 27.2 Å². The Hall–Kier alpha value is -0.560. The first kappa shape index (κ1) is 15.8. The highest BCUT2D eigenvalue weighted by Gasteiger charge is 2.28. The normalized spacial score (nSPS) is 14.3. The molecule has 0 saturated carbocycles. The summed E-state index contributed by atoms with van der Waals surface area (Å²) in [6.07, 6.45) is 1.25. The minimum absolute atomic E-state index is 0. The summed E-state index contributed by atoms with van der Waals surface area (Å²) in [5.41, 5.74) is 2.60. The molecule has 0 saturated heterocycles. The molecule has 3 nitrogen and oxygen atoms in total. The van der Waals surface area contributed by atoms with Gasteiger partial charge in [0.25, 0.3) is 0 Å². The SMILES string of the molecule is CCN1CCC[n+]2c1sc1ccc(NC(C)C)cc12.[I-]. The van der Waals surface area contributed by atoms with Crippen molar-refractivity contribution < 1.29 is 28.5 Å². The fraction of sp³-hybridized carbons (Fsp3) is 0.533. The fourth-order valence-electron chi connectivity index (χ4n) is 2.75. The maximum absolute atomic E-state index is 3.50. The second-order valence-corrected chi connectivity index (χ2v) is 6.46. The van der Waals surface area contributed by atoms with Crippen LogP contribution in [0.3, 0.4) is 0 Å². The number of aromatic nitrogens is 1. The molecular weight excluding hydrogens is 381 g/mol. The number of fused-ring (bicyclic) bond motifs is 3.